The fourth-order valence-corrected chi connectivity index (χ4v) is 6.75. The maximum Gasteiger partial charge on any atom is 0.361 e. The van der Waals surface area contributed by atoms with Crippen LogP contribution in [0.5, 0.6) is 46.0 Å². The van der Waals surface area contributed by atoms with Gasteiger partial charge in [0.25, 0.3) is 0 Å². The van der Waals surface area contributed by atoms with Crippen molar-refractivity contribution >= 4 is 23.7 Å². The van der Waals surface area contributed by atoms with Crippen molar-refractivity contribution in [2.24, 2.45) is 5.92 Å². The van der Waals surface area contributed by atoms with Gasteiger partial charge in [0.15, 0.2) is 0 Å². The lowest BCUT2D eigenvalue weighted by molar-refractivity contribution is 0.391. The highest BCUT2D eigenvalue weighted by molar-refractivity contribution is 5.77. The molecule has 1 aliphatic rings. The Balaban J connectivity index is 1.37. The van der Waals surface area contributed by atoms with Crippen molar-refractivity contribution in [3.8, 4) is 68.6 Å². The molecule has 12 heteroatoms. The highest BCUT2D eigenvalue weighted by Crippen LogP contribution is 2.39. The molecule has 1 aliphatic heterocycles. The molecule has 5 aromatic carbocycles. The van der Waals surface area contributed by atoms with E-state index in [9.17, 15) is 9.59 Å². The third-order valence-electron chi connectivity index (χ3n) is 9.92. The summed E-state index contributed by atoms with van der Waals surface area (Å²) < 4.78 is 57.1. The van der Waals surface area contributed by atoms with Crippen LogP contribution in [-0.2, 0) is 4.74 Å². The zero-order chi connectivity index (χ0) is 42.5. The number of allylic oxidation sites excluding steroid dienone is 2. The zero-order valence-electron chi connectivity index (χ0n) is 34.4. The maximum absolute atomic E-state index is 13.9. The van der Waals surface area contributed by atoms with Gasteiger partial charge in [0.1, 0.15) is 57.5 Å². The van der Waals surface area contributed by atoms with Crippen molar-refractivity contribution in [1.82, 2.24) is 0 Å². The van der Waals surface area contributed by atoms with Gasteiger partial charge in [0.2, 0.25) is 10.9 Å². The van der Waals surface area contributed by atoms with E-state index in [1.54, 1.807) is 130 Å². The Morgan fingerprint density at radius 2 is 0.750 bits per heavy atom. The molecule has 0 spiro atoms. The van der Waals surface area contributed by atoms with E-state index in [0.29, 0.717) is 96.9 Å². The van der Waals surface area contributed by atoms with Crippen LogP contribution in [0, 0.1) is 5.92 Å². The topological polar surface area (TPSA) is 129 Å². The van der Waals surface area contributed by atoms with Crippen LogP contribution >= 0.6 is 0 Å². The van der Waals surface area contributed by atoms with E-state index in [2.05, 4.69) is 0 Å². The minimum absolute atomic E-state index is 0.0197. The van der Waals surface area contributed by atoms with E-state index < -0.39 is 16.8 Å². The van der Waals surface area contributed by atoms with Gasteiger partial charge in [-0.1, -0.05) is 6.08 Å². The molecule has 2 heterocycles. The summed E-state index contributed by atoms with van der Waals surface area (Å²) in [6.45, 7) is 0. The molecule has 12 nitrogen and oxygen atoms in total. The number of ether oxygens (including phenoxy) is 9. The summed E-state index contributed by atoms with van der Waals surface area (Å²) in [5.41, 5.74) is 2.33. The quantitative estimate of drug-likeness (QED) is 0.106. The summed E-state index contributed by atoms with van der Waals surface area (Å²) in [6.07, 6.45) is 6.86. The molecule has 7 rings (SSSR count). The fraction of sp³-hybridized carbons (Fsp3) is 0.188. The van der Waals surface area contributed by atoms with Gasteiger partial charge < -0.3 is 42.6 Å². The molecule has 0 saturated heterocycles. The Kier molecular flexibility index (Phi) is 11.9. The monoisotopic (exact) mass is 811 g/mol. The SMILES string of the molecule is COc1cc(OC)cc(C2=CC(C=c3c(=O)c(=Cc4cc(-c5cc(OC)cc(OC)c5)[o+]c(-c5cc(OC)cc(OC)c5)c4)c3=O)C=C(c3cc(OC)cc(OC)c3)O2)c1. The van der Waals surface area contributed by atoms with Crippen molar-refractivity contribution in [1.29, 1.82) is 0 Å². The summed E-state index contributed by atoms with van der Waals surface area (Å²) >= 11 is 0. The van der Waals surface area contributed by atoms with Crippen LogP contribution in [0.4, 0.5) is 0 Å². The first-order chi connectivity index (χ1) is 29.1. The number of hydrogen-bond donors (Lipinski definition) is 0. The van der Waals surface area contributed by atoms with Crippen LogP contribution in [0.2, 0.25) is 0 Å². The number of hydrogen-bond acceptors (Lipinski definition) is 11. The molecule has 60 heavy (non-hydrogen) atoms. The molecular formula is C48H43O12+. The summed E-state index contributed by atoms with van der Waals surface area (Å²) in [5.74, 6) is 5.63. The summed E-state index contributed by atoms with van der Waals surface area (Å²) in [6, 6.07) is 24.9. The largest absolute Gasteiger partial charge is 0.497 e. The minimum Gasteiger partial charge on any atom is -0.497 e. The highest BCUT2D eigenvalue weighted by Gasteiger charge is 2.24. The Morgan fingerprint density at radius 3 is 1.07 bits per heavy atom. The van der Waals surface area contributed by atoms with E-state index in [-0.39, 0.29) is 10.4 Å². The van der Waals surface area contributed by atoms with Gasteiger partial charge in [-0.15, -0.1) is 0 Å². The van der Waals surface area contributed by atoms with Crippen LogP contribution < -0.4 is 59.2 Å². The van der Waals surface area contributed by atoms with Crippen molar-refractivity contribution in [2.45, 2.75) is 0 Å². The molecule has 1 aromatic heterocycles. The predicted molar refractivity (Wildman–Crippen MR) is 228 cm³/mol. The maximum atomic E-state index is 13.9. The van der Waals surface area contributed by atoms with Crippen LogP contribution in [0.1, 0.15) is 16.7 Å². The van der Waals surface area contributed by atoms with Gasteiger partial charge in [0, 0.05) is 41.3 Å². The molecule has 6 aromatic rings. The van der Waals surface area contributed by atoms with Gasteiger partial charge in [-0.3, -0.25) is 9.59 Å². The lowest BCUT2D eigenvalue weighted by atomic mass is 9.96. The molecule has 0 saturated carbocycles. The van der Waals surface area contributed by atoms with Crippen LogP contribution in [0.25, 0.3) is 46.3 Å². The van der Waals surface area contributed by atoms with Gasteiger partial charge in [-0.25, -0.2) is 4.42 Å². The van der Waals surface area contributed by atoms with Crippen LogP contribution in [-0.4, -0.2) is 56.9 Å². The number of rotatable bonds is 14. The predicted octanol–water partition coefficient (Wildman–Crippen LogP) is 6.90. The van der Waals surface area contributed by atoms with E-state index in [1.165, 1.54) is 0 Å². The summed E-state index contributed by atoms with van der Waals surface area (Å²) in [4.78, 5) is 27.9. The van der Waals surface area contributed by atoms with E-state index in [4.69, 9.17) is 47.0 Å². The smallest absolute Gasteiger partial charge is 0.361 e. The number of methoxy groups -OCH3 is 8. The van der Waals surface area contributed by atoms with Crippen LogP contribution in [0.15, 0.2) is 111 Å². The Labute approximate surface area is 346 Å². The Hall–Kier alpha value is -7.47. The average Bonchev–Trinajstić information content (AvgIpc) is 3.31. The fourth-order valence-electron chi connectivity index (χ4n) is 6.75. The molecule has 0 aliphatic carbocycles. The zero-order valence-corrected chi connectivity index (χ0v) is 34.4. The van der Waals surface area contributed by atoms with E-state index >= 15 is 0 Å². The van der Waals surface area contributed by atoms with Gasteiger partial charge in [-0.05, 0) is 72.3 Å². The summed E-state index contributed by atoms with van der Waals surface area (Å²) in [5, 5.41) is 0.0632. The molecular weight excluding hydrogens is 769 g/mol. The second-order valence-electron chi connectivity index (χ2n) is 13.6. The highest BCUT2D eigenvalue weighted by atomic mass is 16.5. The third kappa shape index (κ3) is 8.53. The lowest BCUT2D eigenvalue weighted by Crippen LogP contribution is -2.64. The molecule has 0 N–H and O–H groups in total. The van der Waals surface area contributed by atoms with Gasteiger partial charge >= 0.3 is 11.5 Å². The van der Waals surface area contributed by atoms with Crippen molar-refractivity contribution in [3.05, 3.63) is 145 Å². The minimum atomic E-state index is -0.539. The summed E-state index contributed by atoms with van der Waals surface area (Å²) in [7, 11) is 12.5. The van der Waals surface area contributed by atoms with Crippen molar-refractivity contribution in [2.75, 3.05) is 56.9 Å². The molecule has 0 fully saturated rings. The normalized spacial score (nSPS) is 12.4. The van der Waals surface area contributed by atoms with Gasteiger partial charge in [-0.2, -0.15) is 0 Å². The standard InChI is InChI=1S/C48H43O12/c1-51-33-15-29(16-34(23-33)52-2)43-11-27(12-44(59-43)30-17-35(53-3)24-36(18-30)54-4)9-41-47(49)42(48(41)50)10-28-13-45(31-19-37(55-5)25-38(20-31)56-6)60-46(14-28)32-21-39(57-7)26-40(22-32)58-8/h9-27H,1-8H3/q+1. The molecule has 0 bridgehead atoms. The average molecular weight is 812 g/mol. The molecule has 0 amide bonds. The third-order valence-corrected chi connectivity index (χ3v) is 9.92. The van der Waals surface area contributed by atoms with Crippen molar-refractivity contribution in [3.63, 3.8) is 0 Å². The van der Waals surface area contributed by atoms with Gasteiger partial charge in [0.05, 0.1) is 90.6 Å². The molecule has 0 atom stereocenters. The molecule has 0 unspecified atom stereocenters. The number of benzene rings is 4. The Bertz CT molecular complexity index is 2580. The lowest BCUT2D eigenvalue weighted by Gasteiger charge is -2.22. The first-order valence-corrected chi connectivity index (χ1v) is 18.7. The first-order valence-electron chi connectivity index (χ1n) is 18.7. The van der Waals surface area contributed by atoms with E-state index in [0.717, 1.165) is 0 Å². The molecule has 306 valence electrons. The van der Waals surface area contributed by atoms with Crippen molar-refractivity contribution < 1.29 is 47.0 Å². The second-order valence-corrected chi connectivity index (χ2v) is 13.6. The first kappa shape index (κ1) is 40.7. The second kappa shape index (κ2) is 17.6. The molecule has 0 radical (unpaired) electrons. The van der Waals surface area contributed by atoms with Crippen LogP contribution in [0.3, 0.4) is 0 Å². The van der Waals surface area contributed by atoms with E-state index in [1.807, 2.05) is 36.4 Å². The Morgan fingerprint density at radius 1 is 0.433 bits per heavy atom.